The first-order valence-corrected chi connectivity index (χ1v) is 9.43. The lowest BCUT2D eigenvalue weighted by Gasteiger charge is -2.31. The summed E-state index contributed by atoms with van der Waals surface area (Å²) in [6.07, 6.45) is 5.28. The predicted molar refractivity (Wildman–Crippen MR) is 94.6 cm³/mol. The van der Waals surface area contributed by atoms with E-state index in [1.165, 1.54) is 21.8 Å². The lowest BCUT2D eigenvalue weighted by atomic mass is 10.0. The number of aryl methyl sites for hydroxylation is 1. The molecule has 2 aromatic heterocycles. The van der Waals surface area contributed by atoms with Crippen molar-refractivity contribution in [1.82, 2.24) is 20.0 Å². The molecule has 3 heterocycles. The number of likely N-dealkylation sites (N-methyl/N-ethyl adjacent to an activating group) is 1. The van der Waals surface area contributed by atoms with Crippen LogP contribution in [0, 0.1) is 0 Å². The minimum Gasteiger partial charge on any atom is -0.308 e. The molecule has 1 aliphatic rings. The van der Waals surface area contributed by atoms with Gasteiger partial charge < -0.3 is 10.2 Å². The number of rotatable bonds is 5. The number of aromatic nitrogens is 2. The molecular weight excluding hydrogens is 312 g/mol. The largest absolute Gasteiger partial charge is 0.308 e. The average molecular weight is 337 g/mol. The Bertz CT molecular complexity index is 619. The fraction of sp³-hybridized carbons (Fsp3) is 0.562. The van der Waals surface area contributed by atoms with Crippen LogP contribution in [-0.4, -0.2) is 40.6 Å². The second-order valence-electron chi connectivity index (χ2n) is 6.22. The van der Waals surface area contributed by atoms with E-state index < -0.39 is 0 Å². The van der Waals surface area contributed by atoms with Crippen LogP contribution in [0.1, 0.15) is 36.6 Å². The number of thioether (sulfide) groups is 1. The second kappa shape index (κ2) is 6.74. The van der Waals surface area contributed by atoms with E-state index in [2.05, 4.69) is 54.0 Å². The van der Waals surface area contributed by atoms with Gasteiger partial charge in [-0.1, -0.05) is 6.92 Å². The molecule has 120 valence electrons. The molecular formula is C16H24N4S2. The molecule has 0 aliphatic carbocycles. The fourth-order valence-electron chi connectivity index (χ4n) is 3.01. The number of fused-ring (bicyclic) bond motifs is 1. The van der Waals surface area contributed by atoms with Gasteiger partial charge >= 0.3 is 0 Å². The van der Waals surface area contributed by atoms with Crippen LogP contribution < -0.4 is 5.32 Å². The zero-order valence-electron chi connectivity index (χ0n) is 13.6. The van der Waals surface area contributed by atoms with Gasteiger partial charge in [-0.3, -0.25) is 4.68 Å². The molecule has 0 fully saturated rings. The molecule has 1 aliphatic heterocycles. The Hall–Kier alpha value is -0.820. The molecule has 0 aromatic carbocycles. The minimum absolute atomic E-state index is 0.348. The van der Waals surface area contributed by atoms with Crippen molar-refractivity contribution in [2.45, 2.75) is 34.9 Å². The van der Waals surface area contributed by atoms with E-state index in [4.69, 9.17) is 0 Å². The Morgan fingerprint density at radius 1 is 1.50 bits per heavy atom. The number of thiophene rings is 1. The van der Waals surface area contributed by atoms with Gasteiger partial charge in [0.05, 0.1) is 10.4 Å². The molecule has 0 spiro atoms. The topological polar surface area (TPSA) is 33.1 Å². The van der Waals surface area contributed by atoms with E-state index in [0.717, 1.165) is 6.54 Å². The predicted octanol–water partition coefficient (Wildman–Crippen LogP) is 3.30. The zero-order valence-corrected chi connectivity index (χ0v) is 15.2. The molecule has 0 bridgehead atoms. The second-order valence-corrected chi connectivity index (χ2v) is 8.84. The van der Waals surface area contributed by atoms with Crippen molar-refractivity contribution < 1.29 is 0 Å². The van der Waals surface area contributed by atoms with E-state index in [9.17, 15) is 0 Å². The van der Waals surface area contributed by atoms with Crippen molar-refractivity contribution in [3.63, 3.8) is 0 Å². The molecule has 3 rings (SSSR count). The SMILES string of the molecule is C[C@H]1C[C@@H](NC[C@@H](c2cnn(C)c2)N(C)C)c2ccsc2S1. The lowest BCUT2D eigenvalue weighted by Crippen LogP contribution is -2.34. The maximum atomic E-state index is 4.31. The average Bonchev–Trinajstić information content (AvgIpc) is 3.07. The molecule has 0 saturated carbocycles. The van der Waals surface area contributed by atoms with Crippen LogP contribution in [-0.2, 0) is 7.05 Å². The summed E-state index contributed by atoms with van der Waals surface area (Å²) in [7, 11) is 6.24. The first-order chi connectivity index (χ1) is 10.5. The normalized spacial score (nSPS) is 22.8. The number of hydrogen-bond acceptors (Lipinski definition) is 5. The van der Waals surface area contributed by atoms with E-state index in [1.54, 1.807) is 0 Å². The summed E-state index contributed by atoms with van der Waals surface area (Å²) < 4.78 is 3.36. The molecule has 1 N–H and O–H groups in total. The van der Waals surface area contributed by atoms with Crippen molar-refractivity contribution in [1.29, 1.82) is 0 Å². The van der Waals surface area contributed by atoms with Crippen LogP contribution in [0.5, 0.6) is 0 Å². The molecule has 0 radical (unpaired) electrons. The van der Waals surface area contributed by atoms with Crippen molar-refractivity contribution in [2.24, 2.45) is 7.05 Å². The van der Waals surface area contributed by atoms with Crippen LogP contribution in [0.3, 0.4) is 0 Å². The highest BCUT2D eigenvalue weighted by atomic mass is 32.2. The van der Waals surface area contributed by atoms with E-state index in [0.29, 0.717) is 17.3 Å². The monoisotopic (exact) mass is 336 g/mol. The van der Waals surface area contributed by atoms with E-state index in [1.807, 2.05) is 41.0 Å². The minimum atomic E-state index is 0.348. The van der Waals surface area contributed by atoms with Gasteiger partial charge in [-0.05, 0) is 37.5 Å². The highest BCUT2D eigenvalue weighted by molar-refractivity contribution is 8.01. The first-order valence-electron chi connectivity index (χ1n) is 7.67. The van der Waals surface area contributed by atoms with E-state index in [-0.39, 0.29) is 0 Å². The van der Waals surface area contributed by atoms with Gasteiger partial charge in [0.25, 0.3) is 0 Å². The number of nitrogens with zero attached hydrogens (tertiary/aromatic N) is 3. The summed E-state index contributed by atoms with van der Waals surface area (Å²) in [4.78, 5) is 2.26. The summed E-state index contributed by atoms with van der Waals surface area (Å²) in [6.45, 7) is 3.27. The summed E-state index contributed by atoms with van der Waals surface area (Å²) in [6, 6.07) is 3.10. The number of nitrogens with one attached hydrogen (secondary N) is 1. The summed E-state index contributed by atoms with van der Waals surface area (Å²) in [5.41, 5.74) is 2.75. The summed E-state index contributed by atoms with van der Waals surface area (Å²) in [5.74, 6) is 0. The van der Waals surface area contributed by atoms with Crippen molar-refractivity contribution in [3.05, 3.63) is 35.0 Å². The van der Waals surface area contributed by atoms with Gasteiger partial charge in [0, 0.05) is 42.7 Å². The summed E-state index contributed by atoms with van der Waals surface area (Å²) >= 11 is 3.89. The Labute approximate surface area is 140 Å². The smallest absolute Gasteiger partial charge is 0.0649 e. The van der Waals surface area contributed by atoms with Gasteiger partial charge in [-0.2, -0.15) is 5.10 Å². The maximum absolute atomic E-state index is 4.31. The third kappa shape index (κ3) is 3.40. The molecule has 2 aromatic rings. The maximum Gasteiger partial charge on any atom is 0.0649 e. The molecule has 4 nitrogen and oxygen atoms in total. The van der Waals surface area contributed by atoms with Crippen LogP contribution in [0.15, 0.2) is 28.0 Å². The molecule has 0 saturated heterocycles. The standard InChI is InChI=1S/C16H24N4S2/c1-11-7-14(13-5-6-21-16(13)22-11)17-9-15(19(2)3)12-8-18-20(4)10-12/h5-6,8,10-11,14-15,17H,7,9H2,1-4H3/t11-,14+,15-/m0/s1. The lowest BCUT2D eigenvalue weighted by molar-refractivity contribution is 0.276. The van der Waals surface area contributed by atoms with Crippen molar-refractivity contribution in [3.8, 4) is 0 Å². The van der Waals surface area contributed by atoms with Gasteiger partial charge in [0.2, 0.25) is 0 Å². The van der Waals surface area contributed by atoms with Gasteiger partial charge in [0.1, 0.15) is 0 Å². The highest BCUT2D eigenvalue weighted by Crippen LogP contribution is 2.43. The molecule has 6 heteroatoms. The van der Waals surface area contributed by atoms with Crippen molar-refractivity contribution >= 4 is 23.1 Å². The quantitative estimate of drug-likeness (QED) is 0.908. The van der Waals surface area contributed by atoms with Crippen molar-refractivity contribution in [2.75, 3.05) is 20.6 Å². The highest BCUT2D eigenvalue weighted by Gasteiger charge is 2.27. The third-order valence-corrected chi connectivity index (χ3v) is 6.54. The molecule has 3 atom stereocenters. The number of hydrogen-bond donors (Lipinski definition) is 1. The van der Waals surface area contributed by atoms with Crippen LogP contribution in [0.25, 0.3) is 0 Å². The molecule has 0 amide bonds. The Morgan fingerprint density at radius 3 is 3.00 bits per heavy atom. The van der Waals surface area contributed by atoms with Gasteiger partial charge in [-0.25, -0.2) is 0 Å². The van der Waals surface area contributed by atoms with Gasteiger partial charge in [0.15, 0.2) is 0 Å². The molecule has 22 heavy (non-hydrogen) atoms. The van der Waals surface area contributed by atoms with Gasteiger partial charge in [-0.15, -0.1) is 23.1 Å². The molecule has 0 unspecified atom stereocenters. The Kier molecular flexibility index (Phi) is 4.92. The fourth-order valence-corrected chi connectivity index (χ4v) is 5.57. The van der Waals surface area contributed by atoms with Crippen LogP contribution in [0.4, 0.5) is 0 Å². The van der Waals surface area contributed by atoms with Crippen LogP contribution >= 0.6 is 23.1 Å². The zero-order chi connectivity index (χ0) is 15.7. The first kappa shape index (κ1) is 16.1. The van der Waals surface area contributed by atoms with Crippen LogP contribution in [0.2, 0.25) is 0 Å². The third-order valence-electron chi connectivity index (χ3n) is 4.20. The summed E-state index contributed by atoms with van der Waals surface area (Å²) in [5, 5.41) is 11.0. The Balaban J connectivity index is 1.71. The Morgan fingerprint density at radius 2 is 2.32 bits per heavy atom. The van der Waals surface area contributed by atoms with E-state index >= 15 is 0 Å².